The van der Waals surface area contributed by atoms with Crippen LogP contribution in [0.4, 0.5) is 4.79 Å². The first-order valence-electron chi connectivity index (χ1n) is 4.54. The van der Waals surface area contributed by atoms with E-state index in [0.29, 0.717) is 19.7 Å². The van der Waals surface area contributed by atoms with E-state index in [1.54, 1.807) is 0 Å². The van der Waals surface area contributed by atoms with Crippen LogP contribution in [0.5, 0.6) is 0 Å². The molecule has 1 rings (SSSR count). The van der Waals surface area contributed by atoms with Crippen molar-refractivity contribution in [3.05, 3.63) is 0 Å². The zero-order chi connectivity index (χ0) is 10.6. The molecule has 0 aromatic heterocycles. The minimum atomic E-state index is -0.425. The summed E-state index contributed by atoms with van der Waals surface area (Å²) in [6.07, 6.45) is 0.969. The molecule has 0 aromatic rings. The van der Waals surface area contributed by atoms with Gasteiger partial charge in [-0.1, -0.05) is 0 Å². The Labute approximate surface area is 82.2 Å². The number of carbonyl (C=O) groups is 2. The summed E-state index contributed by atoms with van der Waals surface area (Å²) in [6.45, 7) is 1.44. The van der Waals surface area contributed by atoms with Gasteiger partial charge in [-0.3, -0.25) is 4.79 Å². The zero-order valence-electron chi connectivity index (χ0n) is 7.94. The molecule has 6 heteroatoms. The van der Waals surface area contributed by atoms with Gasteiger partial charge >= 0.3 is 6.03 Å². The van der Waals surface area contributed by atoms with Crippen molar-refractivity contribution in [1.82, 2.24) is 4.90 Å². The molecular formula is C8H15N3O3. The van der Waals surface area contributed by atoms with Crippen LogP contribution in [-0.4, -0.2) is 42.6 Å². The molecule has 0 saturated carbocycles. The summed E-state index contributed by atoms with van der Waals surface area (Å²) in [6, 6.07) is -0.425. The highest BCUT2D eigenvalue weighted by Gasteiger charge is 2.24. The van der Waals surface area contributed by atoms with Gasteiger partial charge in [-0.05, 0) is 6.42 Å². The molecule has 0 radical (unpaired) electrons. The Hall–Kier alpha value is -1.30. The number of carbonyl (C=O) groups excluding carboxylic acids is 2. The highest BCUT2D eigenvalue weighted by Crippen LogP contribution is 2.12. The van der Waals surface area contributed by atoms with Crippen LogP contribution in [0.3, 0.4) is 0 Å². The molecular weight excluding hydrogens is 186 g/mol. The zero-order valence-corrected chi connectivity index (χ0v) is 7.94. The molecule has 0 aromatic carbocycles. The topological polar surface area (TPSA) is 98.7 Å². The van der Waals surface area contributed by atoms with E-state index < -0.39 is 6.03 Å². The molecule has 1 atom stereocenters. The average Bonchev–Trinajstić information content (AvgIpc) is 2.52. The normalized spacial score (nSPS) is 21.1. The lowest BCUT2D eigenvalue weighted by Crippen LogP contribution is -2.34. The van der Waals surface area contributed by atoms with Crippen molar-refractivity contribution in [1.29, 1.82) is 0 Å². The minimum Gasteiger partial charge on any atom is -0.376 e. The summed E-state index contributed by atoms with van der Waals surface area (Å²) in [5, 5.41) is 0. The van der Waals surface area contributed by atoms with Crippen molar-refractivity contribution < 1.29 is 14.3 Å². The van der Waals surface area contributed by atoms with Crippen LogP contribution in [0.1, 0.15) is 12.8 Å². The third-order valence-electron chi connectivity index (χ3n) is 2.16. The van der Waals surface area contributed by atoms with Crippen LogP contribution in [0, 0.1) is 0 Å². The number of ether oxygens (including phenoxy) is 1. The first kappa shape index (κ1) is 10.8. The molecule has 1 aliphatic heterocycles. The van der Waals surface area contributed by atoms with E-state index in [1.165, 1.54) is 4.90 Å². The molecule has 6 nitrogen and oxygen atoms in total. The molecule has 4 N–H and O–H groups in total. The van der Waals surface area contributed by atoms with Crippen LogP contribution in [0.2, 0.25) is 0 Å². The van der Waals surface area contributed by atoms with Gasteiger partial charge < -0.3 is 21.1 Å². The quantitative estimate of drug-likeness (QED) is 0.612. The second-order valence-corrected chi connectivity index (χ2v) is 3.28. The van der Waals surface area contributed by atoms with E-state index in [2.05, 4.69) is 0 Å². The summed E-state index contributed by atoms with van der Waals surface area (Å²) < 4.78 is 5.34. The van der Waals surface area contributed by atoms with Gasteiger partial charge in [-0.25, -0.2) is 4.79 Å². The average molecular weight is 201 g/mol. The lowest BCUT2D eigenvalue weighted by molar-refractivity contribution is -0.119. The molecule has 1 heterocycles. The largest absolute Gasteiger partial charge is 0.376 e. The fraction of sp³-hybridized carbons (Fsp3) is 0.750. The van der Waals surface area contributed by atoms with Gasteiger partial charge in [0.2, 0.25) is 5.91 Å². The Bertz CT molecular complexity index is 232. The number of nitrogens with zero attached hydrogens (tertiary/aromatic N) is 1. The highest BCUT2D eigenvalue weighted by atomic mass is 16.5. The molecule has 1 aliphatic rings. The third-order valence-corrected chi connectivity index (χ3v) is 2.16. The van der Waals surface area contributed by atoms with Gasteiger partial charge in [0.05, 0.1) is 12.7 Å². The van der Waals surface area contributed by atoms with Crippen LogP contribution >= 0.6 is 0 Å². The predicted octanol–water partition coefficient (Wildman–Crippen LogP) is -0.969. The highest BCUT2D eigenvalue weighted by molar-refractivity contribution is 5.73. The summed E-state index contributed by atoms with van der Waals surface area (Å²) in [5.41, 5.74) is 10.0. The molecule has 1 unspecified atom stereocenters. The van der Waals surface area contributed by atoms with Gasteiger partial charge in [-0.15, -0.1) is 0 Å². The van der Waals surface area contributed by atoms with Crippen LogP contribution in [-0.2, 0) is 9.53 Å². The lowest BCUT2D eigenvalue weighted by atomic mass is 10.3. The van der Waals surface area contributed by atoms with Gasteiger partial charge in [0.1, 0.15) is 0 Å². The predicted molar refractivity (Wildman–Crippen MR) is 49.3 cm³/mol. The van der Waals surface area contributed by atoms with E-state index in [9.17, 15) is 9.59 Å². The Morgan fingerprint density at radius 3 is 2.64 bits per heavy atom. The molecule has 0 bridgehead atoms. The minimum absolute atomic E-state index is 0.0122. The number of urea groups is 1. The van der Waals surface area contributed by atoms with E-state index in [-0.39, 0.29) is 18.4 Å². The first-order chi connectivity index (χ1) is 6.59. The Balaban J connectivity index is 2.16. The Kier molecular flexibility index (Phi) is 3.70. The lowest BCUT2D eigenvalue weighted by Gasteiger charge is -2.13. The standard InChI is InChI=1S/C8H15N3O3/c9-7(12)2-4-14-6-1-3-11(5-6)8(10)13/h6H,1-5H2,(H2,9,12)(H2,10,13). The summed E-state index contributed by atoms with van der Waals surface area (Å²) in [7, 11) is 0. The van der Waals surface area contributed by atoms with Crippen LogP contribution in [0.25, 0.3) is 0 Å². The molecule has 80 valence electrons. The smallest absolute Gasteiger partial charge is 0.314 e. The van der Waals surface area contributed by atoms with E-state index in [0.717, 1.165) is 6.42 Å². The van der Waals surface area contributed by atoms with Crippen molar-refractivity contribution in [2.75, 3.05) is 19.7 Å². The van der Waals surface area contributed by atoms with Crippen molar-refractivity contribution in [2.45, 2.75) is 18.9 Å². The van der Waals surface area contributed by atoms with Crippen molar-refractivity contribution >= 4 is 11.9 Å². The van der Waals surface area contributed by atoms with Gasteiger partial charge in [0, 0.05) is 19.5 Å². The number of rotatable bonds is 4. The number of amides is 3. The number of nitrogens with two attached hydrogens (primary N) is 2. The number of likely N-dealkylation sites (tertiary alicyclic amines) is 1. The molecule has 1 saturated heterocycles. The molecule has 0 aliphatic carbocycles. The van der Waals surface area contributed by atoms with Gasteiger partial charge in [0.15, 0.2) is 0 Å². The Morgan fingerprint density at radius 1 is 1.43 bits per heavy atom. The summed E-state index contributed by atoms with van der Waals surface area (Å²) >= 11 is 0. The second-order valence-electron chi connectivity index (χ2n) is 3.28. The molecule has 1 fully saturated rings. The fourth-order valence-corrected chi connectivity index (χ4v) is 1.39. The number of hydrogen-bond acceptors (Lipinski definition) is 3. The van der Waals surface area contributed by atoms with Crippen LogP contribution in [0.15, 0.2) is 0 Å². The maximum atomic E-state index is 10.7. The summed E-state index contributed by atoms with van der Waals surface area (Å²) in [4.78, 5) is 22.7. The maximum absolute atomic E-state index is 10.7. The van der Waals surface area contributed by atoms with Crippen molar-refractivity contribution in [3.8, 4) is 0 Å². The molecule has 0 spiro atoms. The van der Waals surface area contributed by atoms with Crippen molar-refractivity contribution in [2.24, 2.45) is 11.5 Å². The monoisotopic (exact) mass is 201 g/mol. The van der Waals surface area contributed by atoms with Gasteiger partial charge in [0.25, 0.3) is 0 Å². The summed E-state index contributed by atoms with van der Waals surface area (Å²) in [5.74, 6) is -0.380. The van der Waals surface area contributed by atoms with Crippen molar-refractivity contribution in [3.63, 3.8) is 0 Å². The Morgan fingerprint density at radius 2 is 2.14 bits per heavy atom. The number of primary amides is 2. The van der Waals surface area contributed by atoms with Gasteiger partial charge in [-0.2, -0.15) is 0 Å². The maximum Gasteiger partial charge on any atom is 0.314 e. The van der Waals surface area contributed by atoms with Crippen LogP contribution < -0.4 is 11.5 Å². The first-order valence-corrected chi connectivity index (χ1v) is 4.54. The number of hydrogen-bond donors (Lipinski definition) is 2. The van der Waals surface area contributed by atoms with E-state index in [4.69, 9.17) is 16.2 Å². The SMILES string of the molecule is NC(=O)CCOC1CCN(C(N)=O)C1. The molecule has 14 heavy (non-hydrogen) atoms. The van der Waals surface area contributed by atoms with E-state index in [1.807, 2.05) is 0 Å². The molecule has 3 amide bonds. The second kappa shape index (κ2) is 4.80. The fourth-order valence-electron chi connectivity index (χ4n) is 1.39. The van der Waals surface area contributed by atoms with E-state index >= 15 is 0 Å². The third kappa shape index (κ3) is 3.21.